The number of hydrogen-bond donors (Lipinski definition) is 0. The molecule has 0 fully saturated rings. The number of hydrogen-bond acceptors (Lipinski definition) is 2. The van der Waals surface area contributed by atoms with Gasteiger partial charge in [0.05, 0.1) is 0 Å². The van der Waals surface area contributed by atoms with E-state index in [2.05, 4.69) is 147 Å². The summed E-state index contributed by atoms with van der Waals surface area (Å²) in [5, 5.41) is 5.29. The second kappa shape index (κ2) is 16.9. The molecule has 0 bridgehead atoms. The molecule has 8 aromatic rings. The number of allylic oxidation sites excluding steroid dienone is 2. The van der Waals surface area contributed by atoms with Crippen LogP contribution in [-0.2, 0) is 46.5 Å². The van der Waals surface area contributed by atoms with Crippen molar-refractivity contribution in [3.63, 3.8) is 0 Å². The van der Waals surface area contributed by atoms with Gasteiger partial charge in [-0.25, -0.2) is 0 Å². The summed E-state index contributed by atoms with van der Waals surface area (Å²) in [5.74, 6) is 4.53. The van der Waals surface area contributed by atoms with E-state index in [1.165, 1.54) is 90.0 Å². The van der Waals surface area contributed by atoms with Crippen molar-refractivity contribution in [2.24, 2.45) is 0 Å². The number of aryl methyl sites for hydroxylation is 4. The molecule has 6 aromatic carbocycles. The summed E-state index contributed by atoms with van der Waals surface area (Å²) < 4.78 is 13.0. The molecule has 2 nitrogen and oxygen atoms in total. The summed E-state index contributed by atoms with van der Waals surface area (Å²) >= 11 is -0.826. The van der Waals surface area contributed by atoms with Gasteiger partial charge in [-0.2, -0.15) is 0 Å². The Labute approximate surface area is 385 Å². The zero-order chi connectivity index (χ0) is 41.9. The van der Waals surface area contributed by atoms with Gasteiger partial charge >= 0.3 is 37.9 Å². The Balaban J connectivity index is 0.00000140. The topological polar surface area (TPSA) is 26.3 Å². The van der Waals surface area contributed by atoms with Crippen molar-refractivity contribution in [3.8, 4) is 22.3 Å². The molecule has 62 heavy (non-hydrogen) atoms. The number of benzene rings is 6. The third-order valence-corrected chi connectivity index (χ3v) is 15.3. The Morgan fingerprint density at radius 2 is 0.984 bits per heavy atom. The van der Waals surface area contributed by atoms with Crippen LogP contribution in [0.1, 0.15) is 92.2 Å². The normalized spacial score (nSPS) is 17.0. The quantitative estimate of drug-likeness (QED) is 0.142. The fourth-order valence-electron chi connectivity index (χ4n) is 11.3. The predicted molar refractivity (Wildman–Crippen MR) is 258 cm³/mol. The van der Waals surface area contributed by atoms with Gasteiger partial charge < -0.3 is 8.83 Å². The maximum atomic E-state index is 6.49. The van der Waals surface area contributed by atoms with Gasteiger partial charge in [-0.05, 0) is 189 Å². The first kappa shape index (κ1) is 40.3. The zero-order valence-corrected chi connectivity index (χ0v) is 40.1. The third-order valence-electron chi connectivity index (χ3n) is 13.9. The molecular formula is C56H46Cl2O2SiZr. The van der Waals surface area contributed by atoms with Crippen LogP contribution in [0.25, 0.3) is 67.1 Å². The number of halogens is 2. The Morgan fingerprint density at radius 1 is 0.548 bits per heavy atom. The summed E-state index contributed by atoms with van der Waals surface area (Å²) in [4.78, 5) is 0. The van der Waals surface area contributed by atoms with Crippen LogP contribution < -0.4 is 0 Å². The van der Waals surface area contributed by atoms with Gasteiger partial charge in [0.25, 0.3) is 0 Å². The molecular weight excluding hydrogens is 895 g/mol. The van der Waals surface area contributed by atoms with Gasteiger partial charge in [-0.3, -0.25) is 0 Å². The van der Waals surface area contributed by atoms with Crippen molar-refractivity contribution in [2.45, 2.75) is 76.3 Å². The molecule has 0 N–H and O–H groups in total. The van der Waals surface area contributed by atoms with Crippen LogP contribution in [0.5, 0.6) is 0 Å². The molecule has 2 heterocycles. The van der Waals surface area contributed by atoms with Crippen molar-refractivity contribution >= 4 is 71.4 Å². The van der Waals surface area contributed by atoms with Gasteiger partial charge in [-0.15, -0.1) is 0 Å². The molecule has 6 heteroatoms. The van der Waals surface area contributed by atoms with E-state index in [1.807, 2.05) is 0 Å². The molecule has 0 spiro atoms. The summed E-state index contributed by atoms with van der Waals surface area (Å²) in [6, 6.07) is 47.6. The van der Waals surface area contributed by atoms with Crippen molar-refractivity contribution in [3.05, 3.63) is 189 Å². The van der Waals surface area contributed by atoms with E-state index in [4.69, 9.17) is 25.9 Å². The first-order valence-electron chi connectivity index (χ1n) is 22.1. The van der Waals surface area contributed by atoms with E-state index in [9.17, 15) is 0 Å². The van der Waals surface area contributed by atoms with E-state index in [0.29, 0.717) is 0 Å². The molecule has 12 rings (SSSR count). The third kappa shape index (κ3) is 7.01. The van der Waals surface area contributed by atoms with E-state index < -0.39 is 20.8 Å². The Kier molecular flexibility index (Phi) is 11.0. The summed E-state index contributed by atoms with van der Waals surface area (Å²) in [6.07, 6.45) is 12.1. The van der Waals surface area contributed by atoms with Crippen LogP contribution in [0, 0.1) is 13.8 Å². The van der Waals surface area contributed by atoms with Gasteiger partial charge in [0.15, 0.2) is 0 Å². The van der Waals surface area contributed by atoms with Crippen LogP contribution >= 0.6 is 17.0 Å². The van der Waals surface area contributed by atoms with Crippen molar-refractivity contribution in [1.82, 2.24) is 0 Å². The monoisotopic (exact) mass is 938 g/mol. The Morgan fingerprint density at radius 3 is 1.42 bits per heavy atom. The van der Waals surface area contributed by atoms with Gasteiger partial charge in [0.2, 0.25) is 0 Å². The minimum atomic E-state index is -0.826. The van der Waals surface area contributed by atoms with E-state index in [-0.39, 0.29) is 11.8 Å². The Bertz CT molecular complexity index is 2900. The standard InChI is InChI=1S/C56H46O2Si.2ClH.Zr/c1-33-23-25-53(57-33)47-29-49-45(27-37-15-9-19-41(37)55(49)43-21-7-13-35-11-3-5-17-39(35)43)51(47)31-59-32-52-46-28-38-16-10-20-42(38)56(44-22-8-14-36-12-4-6-18-40(36)44)50(46)30-48(52)54-26-24-34(2)58-54;;;/h3-8,11-14,17-18,21-30,51-52H,9-10,15-16,19-20,31-32H2,1-2H3;2*1H;/q;;;+2/p-2. The van der Waals surface area contributed by atoms with Crippen LogP contribution in [0.15, 0.2) is 130 Å². The average Bonchev–Trinajstić information content (AvgIpc) is 4.17. The van der Waals surface area contributed by atoms with Crippen LogP contribution in [0.2, 0.25) is 12.1 Å². The van der Waals surface area contributed by atoms with E-state index in [1.54, 1.807) is 22.3 Å². The average molecular weight is 941 g/mol. The molecule has 2 atom stereocenters. The van der Waals surface area contributed by atoms with E-state index in [0.717, 1.165) is 70.3 Å². The predicted octanol–water partition coefficient (Wildman–Crippen LogP) is 16.0. The molecule has 0 saturated heterocycles. The number of furan rings is 2. The van der Waals surface area contributed by atoms with Crippen LogP contribution in [-0.4, -0.2) is 9.52 Å². The van der Waals surface area contributed by atoms with Crippen molar-refractivity contribution < 1.29 is 29.7 Å². The fraction of sp³-hybridized carbons (Fsp3) is 0.214. The van der Waals surface area contributed by atoms with Gasteiger partial charge in [-0.1, -0.05) is 97.1 Å². The second-order valence-corrected chi connectivity index (χ2v) is 22.4. The molecule has 304 valence electrons. The number of fused-ring (bicyclic) bond motifs is 6. The van der Waals surface area contributed by atoms with E-state index >= 15 is 0 Å². The molecule has 4 aliphatic rings. The van der Waals surface area contributed by atoms with Crippen molar-refractivity contribution in [1.29, 1.82) is 0 Å². The first-order chi connectivity index (χ1) is 30.5. The van der Waals surface area contributed by atoms with Crippen LogP contribution in [0.3, 0.4) is 0 Å². The summed E-state index contributed by atoms with van der Waals surface area (Å²) in [5.41, 5.74) is 20.3. The molecule has 2 radical (unpaired) electrons. The van der Waals surface area contributed by atoms with Gasteiger partial charge in [0.1, 0.15) is 23.0 Å². The molecule has 0 saturated carbocycles. The summed E-state index contributed by atoms with van der Waals surface area (Å²) in [6.45, 7) is 4.15. The zero-order valence-electron chi connectivity index (χ0n) is 35.1. The van der Waals surface area contributed by atoms with Crippen LogP contribution in [0.4, 0.5) is 0 Å². The summed E-state index contributed by atoms with van der Waals surface area (Å²) in [7, 11) is 10.6. The number of rotatable bonds is 8. The van der Waals surface area contributed by atoms with Crippen molar-refractivity contribution in [2.75, 3.05) is 0 Å². The SMILES string of the molecule is Cc1ccc(C2=Cc3c(cc4c(c3-c3cccc5ccccc35)CCC4)C2C[Si]CC2C(c3ccc(C)o3)=Cc3c2cc2c(c3-c3cccc4ccccc34)CCC2)o1.[Cl][Zr][Cl]. The molecule has 0 amide bonds. The molecule has 2 aromatic heterocycles. The minimum absolute atomic E-state index is 0.277. The fourth-order valence-corrected chi connectivity index (χ4v) is 12.9. The first-order valence-corrected chi connectivity index (χ1v) is 29.8. The second-order valence-electron chi connectivity index (χ2n) is 17.4. The van der Waals surface area contributed by atoms with Gasteiger partial charge in [0, 0.05) is 32.5 Å². The molecule has 0 aliphatic heterocycles. The Hall–Kier alpha value is -4.44. The molecule has 4 aliphatic carbocycles. The molecule has 2 unspecified atom stereocenters. The maximum absolute atomic E-state index is 6.49.